The minimum absolute atomic E-state index is 0.0661. The van der Waals surface area contributed by atoms with E-state index >= 15 is 0 Å². The van der Waals surface area contributed by atoms with Gasteiger partial charge in [-0.15, -0.1) is 0 Å². The molecule has 0 aliphatic rings. The van der Waals surface area contributed by atoms with Crippen LogP contribution in [0.25, 0.3) is 6.08 Å². The average molecular weight is 195 g/mol. The van der Waals surface area contributed by atoms with Gasteiger partial charge in [0.2, 0.25) is 5.95 Å². The molecule has 74 valence electrons. The molecule has 0 aliphatic carbocycles. The summed E-state index contributed by atoms with van der Waals surface area (Å²) in [6.45, 7) is 1.60. The van der Waals surface area contributed by atoms with Gasteiger partial charge >= 0.3 is 5.97 Å². The molecular weight excluding hydrogens is 185 g/mol. The molecule has 14 heavy (non-hydrogen) atoms. The van der Waals surface area contributed by atoms with Gasteiger partial charge in [0.1, 0.15) is 0 Å². The maximum absolute atomic E-state index is 12.9. The van der Waals surface area contributed by atoms with Crippen molar-refractivity contribution >= 4 is 12.0 Å². The number of aliphatic carboxylic acids is 1. The van der Waals surface area contributed by atoms with Crippen LogP contribution in [0.1, 0.15) is 17.5 Å². The monoisotopic (exact) mass is 195 g/mol. The molecule has 0 aliphatic heterocycles. The lowest BCUT2D eigenvalue weighted by Gasteiger charge is -1.99. The van der Waals surface area contributed by atoms with Crippen LogP contribution in [0.5, 0.6) is 0 Å². The summed E-state index contributed by atoms with van der Waals surface area (Å²) >= 11 is 0. The first-order chi connectivity index (χ1) is 6.61. The SMILES string of the molecule is Cc1c(C=CCC(=O)O)ccnc1F. The number of hydrogen-bond donors (Lipinski definition) is 1. The molecule has 1 N–H and O–H groups in total. The van der Waals surface area contributed by atoms with Gasteiger partial charge in [0.15, 0.2) is 0 Å². The quantitative estimate of drug-likeness (QED) is 0.750. The zero-order chi connectivity index (χ0) is 10.6. The average Bonchev–Trinajstić information content (AvgIpc) is 2.12. The molecule has 0 bridgehead atoms. The smallest absolute Gasteiger partial charge is 0.307 e. The van der Waals surface area contributed by atoms with E-state index in [1.54, 1.807) is 19.1 Å². The molecule has 0 unspecified atom stereocenters. The Kier molecular flexibility index (Phi) is 3.34. The van der Waals surface area contributed by atoms with Gasteiger partial charge in [-0.25, -0.2) is 4.98 Å². The Bertz CT molecular complexity index is 374. The molecule has 0 spiro atoms. The van der Waals surface area contributed by atoms with E-state index in [9.17, 15) is 9.18 Å². The topological polar surface area (TPSA) is 50.2 Å². The van der Waals surface area contributed by atoms with E-state index in [2.05, 4.69) is 4.98 Å². The maximum Gasteiger partial charge on any atom is 0.307 e. The van der Waals surface area contributed by atoms with Gasteiger partial charge in [0.25, 0.3) is 0 Å². The molecular formula is C10H10FNO2. The molecule has 0 amide bonds. The third kappa shape index (κ3) is 2.65. The Hall–Kier alpha value is -1.71. The van der Waals surface area contributed by atoms with Crippen LogP contribution in [-0.4, -0.2) is 16.1 Å². The summed E-state index contributed by atoms with van der Waals surface area (Å²) in [4.78, 5) is 13.7. The number of pyridine rings is 1. The fraction of sp³-hybridized carbons (Fsp3) is 0.200. The first-order valence-corrected chi connectivity index (χ1v) is 4.10. The van der Waals surface area contributed by atoms with Crippen molar-refractivity contribution in [2.24, 2.45) is 0 Å². The van der Waals surface area contributed by atoms with Crippen molar-refractivity contribution in [3.63, 3.8) is 0 Å². The predicted octanol–water partition coefficient (Wildman–Crippen LogP) is 2.02. The van der Waals surface area contributed by atoms with Crippen molar-refractivity contribution in [3.8, 4) is 0 Å². The van der Waals surface area contributed by atoms with Crippen LogP contribution in [0.15, 0.2) is 18.3 Å². The van der Waals surface area contributed by atoms with Crippen molar-refractivity contribution < 1.29 is 14.3 Å². The Morgan fingerprint density at radius 2 is 2.43 bits per heavy atom. The summed E-state index contributed by atoms with van der Waals surface area (Å²) in [6, 6.07) is 1.64. The third-order valence-electron chi connectivity index (χ3n) is 1.77. The van der Waals surface area contributed by atoms with Gasteiger partial charge in [0, 0.05) is 11.8 Å². The van der Waals surface area contributed by atoms with E-state index in [0.717, 1.165) is 0 Å². The first kappa shape index (κ1) is 10.4. The number of halogens is 1. The lowest BCUT2D eigenvalue weighted by atomic mass is 10.1. The Morgan fingerprint density at radius 1 is 1.71 bits per heavy atom. The van der Waals surface area contributed by atoms with E-state index in [1.807, 2.05) is 0 Å². The summed E-state index contributed by atoms with van der Waals surface area (Å²) in [7, 11) is 0. The summed E-state index contributed by atoms with van der Waals surface area (Å²) < 4.78 is 12.9. The largest absolute Gasteiger partial charge is 0.481 e. The normalized spacial score (nSPS) is 10.7. The zero-order valence-corrected chi connectivity index (χ0v) is 7.70. The molecule has 0 radical (unpaired) electrons. The van der Waals surface area contributed by atoms with Crippen molar-refractivity contribution in [1.29, 1.82) is 0 Å². The van der Waals surface area contributed by atoms with Crippen LogP contribution < -0.4 is 0 Å². The van der Waals surface area contributed by atoms with E-state index in [-0.39, 0.29) is 6.42 Å². The van der Waals surface area contributed by atoms with Crippen molar-refractivity contribution in [3.05, 3.63) is 35.4 Å². The van der Waals surface area contributed by atoms with Gasteiger partial charge < -0.3 is 5.11 Å². The minimum Gasteiger partial charge on any atom is -0.481 e. The standard InChI is InChI=1S/C10H10FNO2/c1-7-8(3-2-4-9(13)14)5-6-12-10(7)11/h2-3,5-6H,4H2,1H3,(H,13,14). The molecule has 1 aromatic heterocycles. The number of aromatic nitrogens is 1. The molecule has 1 rings (SSSR count). The summed E-state index contributed by atoms with van der Waals surface area (Å²) in [5, 5.41) is 8.38. The van der Waals surface area contributed by atoms with Gasteiger partial charge in [-0.1, -0.05) is 12.2 Å². The zero-order valence-electron chi connectivity index (χ0n) is 7.70. The molecule has 0 aromatic carbocycles. The number of carbonyl (C=O) groups is 1. The lowest BCUT2D eigenvalue weighted by Crippen LogP contribution is -1.92. The fourth-order valence-electron chi connectivity index (χ4n) is 0.991. The van der Waals surface area contributed by atoms with Crippen LogP contribution in [0.2, 0.25) is 0 Å². The van der Waals surface area contributed by atoms with Gasteiger partial charge in [-0.2, -0.15) is 4.39 Å². The highest BCUT2D eigenvalue weighted by Gasteiger charge is 2.01. The highest BCUT2D eigenvalue weighted by atomic mass is 19.1. The number of carboxylic acid groups (broad SMARTS) is 1. The van der Waals surface area contributed by atoms with Crippen LogP contribution in [0, 0.1) is 12.9 Å². The van der Waals surface area contributed by atoms with Crippen LogP contribution in [0.3, 0.4) is 0 Å². The Balaban J connectivity index is 2.81. The van der Waals surface area contributed by atoms with E-state index in [4.69, 9.17) is 5.11 Å². The molecule has 1 heterocycles. The third-order valence-corrected chi connectivity index (χ3v) is 1.77. The predicted molar refractivity (Wildman–Crippen MR) is 50.2 cm³/mol. The van der Waals surface area contributed by atoms with Crippen LogP contribution in [-0.2, 0) is 4.79 Å². The fourth-order valence-corrected chi connectivity index (χ4v) is 0.991. The van der Waals surface area contributed by atoms with Gasteiger partial charge in [-0.05, 0) is 18.6 Å². The maximum atomic E-state index is 12.9. The van der Waals surface area contributed by atoms with Gasteiger partial charge in [0.05, 0.1) is 6.42 Å². The summed E-state index contributed by atoms with van der Waals surface area (Å²) in [6.07, 6.45) is 4.34. The molecule has 0 saturated heterocycles. The molecule has 0 atom stereocenters. The highest BCUT2D eigenvalue weighted by Crippen LogP contribution is 2.11. The van der Waals surface area contributed by atoms with Crippen molar-refractivity contribution in [1.82, 2.24) is 4.98 Å². The second kappa shape index (κ2) is 4.50. The van der Waals surface area contributed by atoms with E-state index in [0.29, 0.717) is 11.1 Å². The molecule has 0 fully saturated rings. The molecule has 3 nitrogen and oxygen atoms in total. The summed E-state index contributed by atoms with van der Waals surface area (Å²) in [5.74, 6) is -1.43. The first-order valence-electron chi connectivity index (χ1n) is 4.10. The van der Waals surface area contributed by atoms with Crippen LogP contribution in [0.4, 0.5) is 4.39 Å². The Labute approximate surface area is 80.9 Å². The van der Waals surface area contributed by atoms with Crippen molar-refractivity contribution in [2.75, 3.05) is 0 Å². The second-order valence-corrected chi connectivity index (χ2v) is 2.82. The number of nitrogens with zero attached hydrogens (tertiary/aromatic N) is 1. The lowest BCUT2D eigenvalue weighted by molar-refractivity contribution is -0.135. The number of carboxylic acids is 1. The van der Waals surface area contributed by atoms with Gasteiger partial charge in [-0.3, -0.25) is 4.79 Å². The Morgan fingerprint density at radius 3 is 3.07 bits per heavy atom. The summed E-state index contributed by atoms with van der Waals surface area (Å²) in [5.41, 5.74) is 1.08. The number of hydrogen-bond acceptors (Lipinski definition) is 2. The second-order valence-electron chi connectivity index (χ2n) is 2.82. The van der Waals surface area contributed by atoms with E-state index < -0.39 is 11.9 Å². The highest BCUT2D eigenvalue weighted by molar-refractivity contribution is 5.70. The molecule has 1 aromatic rings. The van der Waals surface area contributed by atoms with Crippen molar-refractivity contribution in [2.45, 2.75) is 13.3 Å². The van der Waals surface area contributed by atoms with Crippen LogP contribution >= 0.6 is 0 Å². The molecule has 4 heteroatoms. The molecule has 0 saturated carbocycles. The van der Waals surface area contributed by atoms with E-state index in [1.165, 1.54) is 12.3 Å². The number of rotatable bonds is 3. The minimum atomic E-state index is -0.909.